The fraction of sp³-hybridized carbons (Fsp3) is 0.304. The maximum Gasteiger partial charge on any atom is 0.228 e. The van der Waals surface area contributed by atoms with E-state index in [1.807, 2.05) is 30.3 Å². The van der Waals surface area contributed by atoms with Gasteiger partial charge in [0.2, 0.25) is 11.8 Å². The molecule has 2 heterocycles. The average Bonchev–Trinajstić information content (AvgIpc) is 3.11. The third kappa shape index (κ3) is 4.50. The molecule has 0 aliphatic carbocycles. The van der Waals surface area contributed by atoms with Crippen LogP contribution in [0.25, 0.3) is 11.5 Å². The van der Waals surface area contributed by atoms with Crippen molar-refractivity contribution in [1.82, 2.24) is 9.88 Å². The molecule has 1 aliphatic heterocycles. The molecule has 0 saturated carbocycles. The van der Waals surface area contributed by atoms with Crippen molar-refractivity contribution in [3.63, 3.8) is 0 Å². The Labute approximate surface area is 173 Å². The molecule has 0 radical (unpaired) electrons. The Kier molecular flexibility index (Phi) is 5.79. The highest BCUT2D eigenvalue weighted by Crippen LogP contribution is 2.24. The van der Waals surface area contributed by atoms with E-state index in [0.29, 0.717) is 43.3 Å². The van der Waals surface area contributed by atoms with Gasteiger partial charge in [-0.3, -0.25) is 4.79 Å². The second-order valence-corrected chi connectivity index (χ2v) is 7.34. The van der Waals surface area contributed by atoms with Gasteiger partial charge in [-0.2, -0.15) is 0 Å². The van der Waals surface area contributed by atoms with E-state index in [0.717, 1.165) is 11.6 Å². The van der Waals surface area contributed by atoms with Crippen molar-refractivity contribution in [2.75, 3.05) is 13.1 Å². The molecule has 1 aromatic heterocycles. The van der Waals surface area contributed by atoms with Gasteiger partial charge in [0, 0.05) is 37.6 Å². The highest BCUT2D eigenvalue weighted by molar-refractivity contribution is 5.78. The van der Waals surface area contributed by atoms with Crippen molar-refractivity contribution >= 4 is 5.91 Å². The lowest BCUT2D eigenvalue weighted by atomic mass is 10.1. The highest BCUT2D eigenvalue weighted by Gasteiger charge is 2.26. The van der Waals surface area contributed by atoms with E-state index in [1.54, 1.807) is 11.8 Å². The van der Waals surface area contributed by atoms with Crippen LogP contribution >= 0.6 is 0 Å². The van der Waals surface area contributed by atoms with Crippen LogP contribution in [0.15, 0.2) is 52.9 Å². The molecule has 1 aliphatic rings. The van der Waals surface area contributed by atoms with Crippen LogP contribution in [0.2, 0.25) is 0 Å². The van der Waals surface area contributed by atoms with E-state index in [2.05, 4.69) is 4.98 Å². The first-order valence-corrected chi connectivity index (χ1v) is 9.91. The van der Waals surface area contributed by atoms with Crippen molar-refractivity contribution in [2.45, 2.75) is 32.3 Å². The van der Waals surface area contributed by atoms with Gasteiger partial charge in [-0.15, -0.1) is 0 Å². The molecule has 0 spiro atoms. The fourth-order valence-corrected chi connectivity index (χ4v) is 3.52. The predicted octanol–water partition coefficient (Wildman–Crippen LogP) is 4.54. The summed E-state index contributed by atoms with van der Waals surface area (Å²) in [6.45, 7) is 2.82. The summed E-state index contributed by atoms with van der Waals surface area (Å²) in [4.78, 5) is 19.0. The zero-order chi connectivity index (χ0) is 21.1. The minimum absolute atomic E-state index is 0.0302. The summed E-state index contributed by atoms with van der Waals surface area (Å²) in [6, 6.07) is 12.8. The second-order valence-electron chi connectivity index (χ2n) is 7.34. The molecule has 1 fully saturated rings. The van der Waals surface area contributed by atoms with Crippen LogP contribution in [0.4, 0.5) is 8.78 Å². The van der Waals surface area contributed by atoms with E-state index in [4.69, 9.17) is 9.15 Å². The molecular weight excluding hydrogens is 390 g/mol. The zero-order valence-electron chi connectivity index (χ0n) is 16.6. The third-order valence-corrected chi connectivity index (χ3v) is 5.21. The van der Waals surface area contributed by atoms with Gasteiger partial charge >= 0.3 is 0 Å². The molecule has 156 valence electrons. The number of piperidine rings is 1. The van der Waals surface area contributed by atoms with Crippen molar-refractivity contribution < 1.29 is 22.7 Å². The molecule has 1 saturated heterocycles. The van der Waals surface area contributed by atoms with Gasteiger partial charge in [0.1, 0.15) is 17.7 Å². The number of benzene rings is 2. The summed E-state index contributed by atoms with van der Waals surface area (Å²) in [5.74, 6) is -0.218. The number of likely N-dealkylation sites (tertiary alicyclic amines) is 1. The molecule has 0 N–H and O–H groups in total. The summed E-state index contributed by atoms with van der Waals surface area (Å²) < 4.78 is 38.2. The molecule has 0 bridgehead atoms. The molecule has 7 heteroatoms. The van der Waals surface area contributed by atoms with Crippen LogP contribution in [-0.2, 0) is 11.2 Å². The van der Waals surface area contributed by atoms with Crippen molar-refractivity contribution in [1.29, 1.82) is 0 Å². The zero-order valence-corrected chi connectivity index (χ0v) is 16.6. The monoisotopic (exact) mass is 412 g/mol. The van der Waals surface area contributed by atoms with E-state index >= 15 is 0 Å². The fourth-order valence-electron chi connectivity index (χ4n) is 3.52. The first-order valence-electron chi connectivity index (χ1n) is 9.91. The topological polar surface area (TPSA) is 55.6 Å². The molecule has 0 unspecified atom stereocenters. The van der Waals surface area contributed by atoms with Crippen molar-refractivity contribution in [2.24, 2.45) is 0 Å². The Hall–Kier alpha value is -3.22. The lowest BCUT2D eigenvalue weighted by molar-refractivity contribution is -0.132. The Bertz CT molecular complexity index is 1030. The largest absolute Gasteiger partial charge is 0.487 e. The van der Waals surface area contributed by atoms with Gasteiger partial charge in [0.25, 0.3) is 0 Å². The number of aryl methyl sites for hydroxylation is 1. The number of oxazole rings is 1. The Morgan fingerprint density at radius 1 is 1.17 bits per heavy atom. The number of rotatable bonds is 5. The van der Waals surface area contributed by atoms with Gasteiger partial charge in [0.15, 0.2) is 11.6 Å². The van der Waals surface area contributed by atoms with Crippen LogP contribution < -0.4 is 4.74 Å². The van der Waals surface area contributed by atoms with Crippen LogP contribution in [-0.4, -0.2) is 35.0 Å². The molecule has 4 rings (SSSR count). The molecule has 2 aromatic carbocycles. The number of halogens is 2. The number of aromatic nitrogens is 1. The number of carbonyl (C=O) groups excluding carboxylic acids is 1. The first kappa shape index (κ1) is 20.1. The Morgan fingerprint density at radius 2 is 1.90 bits per heavy atom. The van der Waals surface area contributed by atoms with E-state index in [1.165, 1.54) is 12.1 Å². The number of ether oxygens (including phenoxy) is 1. The van der Waals surface area contributed by atoms with Gasteiger partial charge in [-0.05, 0) is 31.2 Å². The van der Waals surface area contributed by atoms with Gasteiger partial charge < -0.3 is 14.1 Å². The molecule has 5 nitrogen and oxygen atoms in total. The first-order chi connectivity index (χ1) is 14.5. The summed E-state index contributed by atoms with van der Waals surface area (Å²) in [6.07, 6.45) is 1.11. The molecule has 3 aromatic rings. The number of nitrogens with zero attached hydrogens (tertiary/aromatic N) is 2. The van der Waals surface area contributed by atoms with E-state index < -0.39 is 11.6 Å². The Morgan fingerprint density at radius 3 is 2.60 bits per heavy atom. The molecule has 1 amide bonds. The minimum Gasteiger partial charge on any atom is -0.487 e. The predicted molar refractivity (Wildman–Crippen MR) is 107 cm³/mol. The normalized spacial score (nSPS) is 14.7. The maximum atomic E-state index is 13.8. The third-order valence-electron chi connectivity index (χ3n) is 5.21. The highest BCUT2D eigenvalue weighted by atomic mass is 19.1. The number of carbonyl (C=O) groups is 1. The average molecular weight is 412 g/mol. The maximum absolute atomic E-state index is 13.8. The van der Waals surface area contributed by atoms with Crippen molar-refractivity contribution in [3.8, 4) is 17.2 Å². The van der Waals surface area contributed by atoms with Crippen LogP contribution in [0, 0.1) is 18.6 Å². The number of hydrogen-bond acceptors (Lipinski definition) is 4. The smallest absolute Gasteiger partial charge is 0.228 e. The summed E-state index contributed by atoms with van der Waals surface area (Å²) in [5, 5.41) is 0. The summed E-state index contributed by atoms with van der Waals surface area (Å²) >= 11 is 0. The minimum atomic E-state index is -0.718. The molecule has 30 heavy (non-hydrogen) atoms. The number of amides is 1. The Balaban J connectivity index is 1.33. The molecule has 0 atom stereocenters. The number of hydrogen-bond donors (Lipinski definition) is 0. The van der Waals surface area contributed by atoms with Gasteiger partial charge in [-0.1, -0.05) is 18.2 Å². The lowest BCUT2D eigenvalue weighted by Gasteiger charge is -2.32. The van der Waals surface area contributed by atoms with Crippen LogP contribution in [0.1, 0.15) is 24.3 Å². The SMILES string of the molecule is Cc1oc(-c2ccccc2)nc1CC(=O)N1CCC(Oc2ccc(F)cc2F)CC1. The molecular formula is C23H22F2N2O3. The van der Waals surface area contributed by atoms with Crippen molar-refractivity contribution in [3.05, 3.63) is 71.6 Å². The van der Waals surface area contributed by atoms with E-state index in [9.17, 15) is 13.6 Å². The summed E-state index contributed by atoms with van der Waals surface area (Å²) in [5.41, 5.74) is 1.50. The van der Waals surface area contributed by atoms with Gasteiger partial charge in [0.05, 0.1) is 12.1 Å². The van der Waals surface area contributed by atoms with Crippen LogP contribution in [0.5, 0.6) is 5.75 Å². The van der Waals surface area contributed by atoms with Gasteiger partial charge in [-0.25, -0.2) is 13.8 Å². The lowest BCUT2D eigenvalue weighted by Crippen LogP contribution is -2.42. The quantitative estimate of drug-likeness (QED) is 0.617. The standard InChI is InChI=1S/C23H22F2N2O3/c1-15-20(26-23(29-15)16-5-3-2-4-6-16)14-22(28)27-11-9-18(10-12-27)30-21-8-7-17(24)13-19(21)25/h2-8,13,18H,9-12,14H2,1H3. The van der Waals surface area contributed by atoms with E-state index in [-0.39, 0.29) is 24.2 Å². The summed E-state index contributed by atoms with van der Waals surface area (Å²) in [7, 11) is 0. The van der Waals surface area contributed by atoms with Crippen LogP contribution in [0.3, 0.4) is 0 Å². The second kappa shape index (κ2) is 8.65.